The number of thiophene rings is 2. The van der Waals surface area contributed by atoms with Crippen LogP contribution < -0.4 is 4.90 Å². The van der Waals surface area contributed by atoms with Gasteiger partial charge in [-0.1, -0.05) is 50.2 Å². The Morgan fingerprint density at radius 1 is 0.789 bits per heavy atom. The number of anilines is 3. The maximum absolute atomic E-state index is 12.8. The zero-order chi connectivity index (χ0) is 26.0. The van der Waals surface area contributed by atoms with Crippen LogP contribution in [-0.4, -0.2) is 16.6 Å². The number of Topliss-reactive ketones (excluding diaryl/α,β-unsaturated/α-hetero) is 2. The van der Waals surface area contributed by atoms with E-state index in [0.717, 1.165) is 32.5 Å². The zero-order valence-corrected chi connectivity index (χ0v) is 22.4. The Morgan fingerprint density at radius 2 is 1.39 bits per heavy atom. The summed E-state index contributed by atoms with van der Waals surface area (Å²) in [5.41, 5.74) is 7.47. The molecular weight excluding hydrogens is 508 g/mol. The molecule has 0 spiro atoms. The molecule has 0 unspecified atom stereocenters. The van der Waals surface area contributed by atoms with Crippen LogP contribution in [0.25, 0.3) is 16.6 Å². The molecule has 38 heavy (non-hydrogen) atoms. The molecule has 2 aliphatic rings. The van der Waals surface area contributed by atoms with E-state index in [4.69, 9.17) is 4.98 Å². The average molecular weight is 531 g/mol. The van der Waals surface area contributed by atoms with E-state index in [0.29, 0.717) is 11.1 Å². The van der Waals surface area contributed by atoms with E-state index >= 15 is 0 Å². The first-order valence-electron chi connectivity index (χ1n) is 12.4. The van der Waals surface area contributed by atoms with Crippen molar-refractivity contribution in [3.05, 3.63) is 122 Å². The summed E-state index contributed by atoms with van der Waals surface area (Å²) in [5.74, 6) is -0.353. The topological polar surface area (TPSA) is 50.3 Å². The van der Waals surface area contributed by atoms with Gasteiger partial charge in [-0.25, -0.2) is 0 Å². The van der Waals surface area contributed by atoms with Crippen molar-refractivity contribution in [3.63, 3.8) is 0 Å². The first-order chi connectivity index (χ1) is 18.4. The number of para-hydroxylation sites is 2. The Balaban J connectivity index is 1.30. The van der Waals surface area contributed by atoms with E-state index < -0.39 is 0 Å². The normalized spacial score (nSPS) is 14.8. The third kappa shape index (κ3) is 3.37. The Kier molecular flexibility index (Phi) is 5.12. The number of rotatable bonds is 4. The molecule has 0 fully saturated rings. The summed E-state index contributed by atoms with van der Waals surface area (Å²) in [6.45, 7) is 4.43. The fourth-order valence-corrected chi connectivity index (χ4v) is 7.50. The van der Waals surface area contributed by atoms with Gasteiger partial charge in [0.2, 0.25) is 0 Å². The van der Waals surface area contributed by atoms with Crippen LogP contribution in [0.1, 0.15) is 50.6 Å². The van der Waals surface area contributed by atoms with Crippen LogP contribution in [-0.2, 0) is 5.41 Å². The van der Waals surface area contributed by atoms with Gasteiger partial charge in [-0.15, -0.1) is 11.3 Å². The molecule has 0 N–H and O–H groups in total. The zero-order valence-electron chi connectivity index (χ0n) is 20.8. The van der Waals surface area contributed by atoms with E-state index in [1.165, 1.54) is 22.5 Å². The summed E-state index contributed by atoms with van der Waals surface area (Å²) in [5, 5.41) is 3.53. The predicted molar refractivity (Wildman–Crippen MR) is 155 cm³/mol. The molecule has 0 bridgehead atoms. The molecule has 0 radical (unpaired) electrons. The summed E-state index contributed by atoms with van der Waals surface area (Å²) in [6.07, 6.45) is 3.69. The Labute approximate surface area is 228 Å². The molecule has 0 saturated carbocycles. The van der Waals surface area contributed by atoms with Gasteiger partial charge in [0.25, 0.3) is 0 Å². The lowest BCUT2D eigenvalue weighted by Crippen LogP contribution is -2.16. The number of allylic oxidation sites excluding steroid dienone is 1. The van der Waals surface area contributed by atoms with E-state index in [9.17, 15) is 9.59 Å². The van der Waals surface area contributed by atoms with Crippen molar-refractivity contribution in [1.29, 1.82) is 0 Å². The quantitative estimate of drug-likeness (QED) is 0.173. The second-order valence-corrected chi connectivity index (χ2v) is 11.9. The van der Waals surface area contributed by atoms with Crippen LogP contribution in [0.3, 0.4) is 0 Å². The van der Waals surface area contributed by atoms with Gasteiger partial charge in [-0.05, 0) is 53.6 Å². The smallest absolute Gasteiger partial charge is 0.198 e. The van der Waals surface area contributed by atoms with Gasteiger partial charge in [-0.2, -0.15) is 11.3 Å². The molecule has 4 nitrogen and oxygen atoms in total. The number of hydrogen-bond donors (Lipinski definition) is 0. The van der Waals surface area contributed by atoms with Crippen LogP contribution in [0, 0.1) is 0 Å². The van der Waals surface area contributed by atoms with Crippen molar-refractivity contribution >= 4 is 57.4 Å². The molecule has 3 heterocycles. The van der Waals surface area contributed by atoms with Crippen LogP contribution in [0.5, 0.6) is 0 Å². The molecule has 0 atom stereocenters. The lowest BCUT2D eigenvalue weighted by atomic mass is 9.83. The highest BCUT2D eigenvalue weighted by atomic mass is 32.1. The lowest BCUT2D eigenvalue weighted by Gasteiger charge is -2.27. The fraction of sp³-hybridized carbons (Fsp3) is 0.0938. The van der Waals surface area contributed by atoms with Gasteiger partial charge in [-0.3, -0.25) is 14.6 Å². The molecule has 0 saturated heterocycles. The van der Waals surface area contributed by atoms with Crippen molar-refractivity contribution in [3.8, 4) is 10.6 Å². The third-order valence-corrected chi connectivity index (χ3v) is 9.23. The number of pyridine rings is 1. The molecule has 5 aromatic rings. The highest BCUT2D eigenvalue weighted by Gasteiger charge is 2.40. The van der Waals surface area contributed by atoms with Crippen molar-refractivity contribution in [2.24, 2.45) is 0 Å². The molecule has 0 aliphatic heterocycles. The molecule has 2 aromatic carbocycles. The van der Waals surface area contributed by atoms with Gasteiger partial charge in [0.05, 0.1) is 28.0 Å². The van der Waals surface area contributed by atoms with Crippen LogP contribution >= 0.6 is 22.7 Å². The maximum atomic E-state index is 12.8. The number of aromatic nitrogens is 1. The predicted octanol–water partition coefficient (Wildman–Crippen LogP) is 8.44. The van der Waals surface area contributed by atoms with Crippen molar-refractivity contribution in [1.82, 2.24) is 4.98 Å². The lowest BCUT2D eigenvalue weighted by molar-refractivity contribution is 0.0990. The maximum Gasteiger partial charge on any atom is 0.198 e. The minimum Gasteiger partial charge on any atom is -0.309 e. The minimum absolute atomic E-state index is 0.177. The molecule has 3 aromatic heterocycles. The van der Waals surface area contributed by atoms with E-state index in [1.54, 1.807) is 28.2 Å². The van der Waals surface area contributed by atoms with Crippen molar-refractivity contribution < 1.29 is 9.59 Å². The first kappa shape index (κ1) is 23.0. The van der Waals surface area contributed by atoms with Crippen LogP contribution in [0.15, 0.2) is 95.3 Å². The van der Waals surface area contributed by atoms with Crippen LogP contribution in [0.4, 0.5) is 17.1 Å². The summed E-state index contributed by atoms with van der Waals surface area (Å²) in [6, 6.07) is 25.0. The summed E-state index contributed by atoms with van der Waals surface area (Å²) < 4.78 is 0. The van der Waals surface area contributed by atoms with E-state index in [-0.39, 0.29) is 22.6 Å². The van der Waals surface area contributed by atoms with Crippen molar-refractivity contribution in [2.45, 2.75) is 19.3 Å². The van der Waals surface area contributed by atoms with Gasteiger partial charge in [0, 0.05) is 43.6 Å². The standard InChI is InChI=1S/C32H22N2O2S2/c1-32(2)26-13-21(34(19-9-5-3-6-10-19)20-11-7-4-8-12-20)16-33-28(26)31-27(32)15-22(38-31)14-23-29(35)24-17-37-18-25(24)30(23)36/h3-18H,1-2H3. The SMILES string of the molecule is CC1(C)c2cc(N(c3ccccc3)c3ccccc3)cnc2-c2sc(C=C3C(=O)c4cscc4C3=O)cc21. The Bertz CT molecular complexity index is 1710. The summed E-state index contributed by atoms with van der Waals surface area (Å²) in [4.78, 5) is 34.8. The largest absolute Gasteiger partial charge is 0.309 e. The molecule has 6 heteroatoms. The third-order valence-electron chi connectivity index (χ3n) is 7.40. The fourth-order valence-electron chi connectivity index (χ4n) is 5.42. The second-order valence-electron chi connectivity index (χ2n) is 10.0. The van der Waals surface area contributed by atoms with Gasteiger partial charge in [0.1, 0.15) is 0 Å². The number of benzene rings is 2. The summed E-state index contributed by atoms with van der Waals surface area (Å²) >= 11 is 2.98. The average Bonchev–Trinajstić information content (AvgIpc) is 3.68. The molecule has 7 rings (SSSR count). The van der Waals surface area contributed by atoms with Gasteiger partial charge < -0.3 is 4.90 Å². The highest BCUT2D eigenvalue weighted by Crippen LogP contribution is 2.53. The minimum atomic E-state index is -0.276. The molecular formula is C32H22N2O2S2. The number of carbonyl (C=O) groups is 2. The van der Waals surface area contributed by atoms with Gasteiger partial charge >= 0.3 is 0 Å². The number of ketones is 2. The van der Waals surface area contributed by atoms with Gasteiger partial charge in [0.15, 0.2) is 11.6 Å². The molecule has 0 amide bonds. The van der Waals surface area contributed by atoms with Crippen LogP contribution in [0.2, 0.25) is 0 Å². The van der Waals surface area contributed by atoms with E-state index in [2.05, 4.69) is 55.1 Å². The number of carbonyl (C=O) groups excluding carboxylic acids is 2. The number of nitrogens with zero attached hydrogens (tertiary/aromatic N) is 2. The number of hydrogen-bond acceptors (Lipinski definition) is 6. The Morgan fingerprint density at radius 3 is 2.00 bits per heavy atom. The van der Waals surface area contributed by atoms with E-state index in [1.807, 2.05) is 42.6 Å². The second kappa shape index (κ2) is 8.45. The first-order valence-corrected chi connectivity index (χ1v) is 14.1. The monoisotopic (exact) mass is 530 g/mol. The van der Waals surface area contributed by atoms with Crippen molar-refractivity contribution in [2.75, 3.05) is 4.90 Å². The number of fused-ring (bicyclic) bond motifs is 4. The highest BCUT2D eigenvalue weighted by molar-refractivity contribution is 7.16. The Hall–Kier alpha value is -4.13. The summed E-state index contributed by atoms with van der Waals surface area (Å²) in [7, 11) is 0. The molecule has 184 valence electrons. The molecule has 2 aliphatic carbocycles.